The molecule has 144 valence electrons. The van der Waals surface area contributed by atoms with Crippen molar-refractivity contribution in [2.45, 2.75) is 26.2 Å². The molecule has 3 aromatic rings. The Morgan fingerprint density at radius 3 is 2.57 bits per heavy atom. The summed E-state index contributed by atoms with van der Waals surface area (Å²) in [5.41, 5.74) is 2.64. The summed E-state index contributed by atoms with van der Waals surface area (Å²) in [6, 6.07) is 18.7. The van der Waals surface area contributed by atoms with E-state index in [1.165, 1.54) is 0 Å². The van der Waals surface area contributed by atoms with Crippen LogP contribution >= 0.6 is 0 Å². The molecule has 1 heterocycles. The number of nitrogens with zero attached hydrogens (tertiary/aromatic N) is 2. The lowest BCUT2D eigenvalue weighted by molar-refractivity contribution is -0.117. The average molecular weight is 377 g/mol. The van der Waals surface area contributed by atoms with Crippen LogP contribution in [0.5, 0.6) is 0 Å². The smallest absolute Gasteiger partial charge is 0.358 e. The zero-order valence-corrected chi connectivity index (χ0v) is 16.0. The van der Waals surface area contributed by atoms with Crippen LogP contribution in [0.1, 0.15) is 42.2 Å². The maximum Gasteiger partial charge on any atom is 0.358 e. The molecule has 0 fully saturated rings. The summed E-state index contributed by atoms with van der Waals surface area (Å²) in [5, 5.41) is 7.23. The summed E-state index contributed by atoms with van der Waals surface area (Å²) in [6.45, 7) is 4.04. The van der Waals surface area contributed by atoms with E-state index in [1.54, 1.807) is 23.9 Å². The molecule has 0 aliphatic rings. The van der Waals surface area contributed by atoms with Gasteiger partial charge in [-0.3, -0.25) is 4.79 Å². The van der Waals surface area contributed by atoms with E-state index in [2.05, 4.69) is 10.4 Å². The lowest BCUT2D eigenvalue weighted by atomic mass is 9.95. The molecule has 1 atom stereocenters. The highest BCUT2D eigenvalue weighted by molar-refractivity contribution is 5.96. The molecule has 1 unspecified atom stereocenters. The average Bonchev–Trinajstić information content (AvgIpc) is 3.20. The van der Waals surface area contributed by atoms with Crippen molar-refractivity contribution >= 4 is 17.6 Å². The van der Waals surface area contributed by atoms with Crippen LogP contribution in [0.25, 0.3) is 5.69 Å². The molecule has 1 aromatic heterocycles. The molecule has 0 bridgehead atoms. The number of hydrogen-bond donors (Lipinski definition) is 1. The first kappa shape index (κ1) is 19.4. The third-order valence-electron chi connectivity index (χ3n) is 4.38. The van der Waals surface area contributed by atoms with Gasteiger partial charge < -0.3 is 10.1 Å². The van der Waals surface area contributed by atoms with Crippen molar-refractivity contribution in [3.8, 4) is 5.69 Å². The van der Waals surface area contributed by atoms with Crippen LogP contribution in [0.15, 0.2) is 66.9 Å². The number of carbonyl (C=O) groups is 2. The Morgan fingerprint density at radius 1 is 1.07 bits per heavy atom. The van der Waals surface area contributed by atoms with Gasteiger partial charge in [-0.1, -0.05) is 43.3 Å². The molecule has 0 saturated heterocycles. The number of rotatable bonds is 7. The van der Waals surface area contributed by atoms with Crippen molar-refractivity contribution < 1.29 is 14.3 Å². The van der Waals surface area contributed by atoms with Gasteiger partial charge in [0.25, 0.3) is 0 Å². The maximum absolute atomic E-state index is 12.8. The molecular formula is C22H23N3O3. The highest BCUT2D eigenvalue weighted by Gasteiger charge is 2.18. The van der Waals surface area contributed by atoms with Gasteiger partial charge in [-0.2, -0.15) is 5.10 Å². The summed E-state index contributed by atoms with van der Waals surface area (Å²) in [4.78, 5) is 24.6. The van der Waals surface area contributed by atoms with Crippen LogP contribution in [-0.2, 0) is 9.53 Å². The summed E-state index contributed by atoms with van der Waals surface area (Å²) < 4.78 is 6.54. The molecule has 0 aliphatic heterocycles. The van der Waals surface area contributed by atoms with Crippen LogP contribution in [0.2, 0.25) is 0 Å². The maximum atomic E-state index is 12.8. The summed E-state index contributed by atoms with van der Waals surface area (Å²) in [5.74, 6) is -0.733. The van der Waals surface area contributed by atoms with Gasteiger partial charge in [0.1, 0.15) is 0 Å². The van der Waals surface area contributed by atoms with Crippen molar-refractivity contribution in [2.24, 2.45) is 0 Å². The molecule has 28 heavy (non-hydrogen) atoms. The fourth-order valence-corrected chi connectivity index (χ4v) is 3.00. The number of aromatic nitrogens is 2. The fourth-order valence-electron chi connectivity index (χ4n) is 3.00. The third kappa shape index (κ3) is 4.46. The van der Waals surface area contributed by atoms with E-state index >= 15 is 0 Å². The molecule has 0 saturated carbocycles. The van der Waals surface area contributed by atoms with Gasteiger partial charge in [-0.15, -0.1) is 0 Å². The Bertz CT molecular complexity index is 950. The van der Waals surface area contributed by atoms with Gasteiger partial charge in [-0.05, 0) is 43.2 Å². The third-order valence-corrected chi connectivity index (χ3v) is 4.38. The Morgan fingerprint density at radius 2 is 1.86 bits per heavy atom. The van der Waals surface area contributed by atoms with E-state index in [1.807, 2.05) is 61.5 Å². The van der Waals surface area contributed by atoms with E-state index in [9.17, 15) is 9.59 Å². The number of esters is 1. The first-order chi connectivity index (χ1) is 13.6. The van der Waals surface area contributed by atoms with Crippen LogP contribution in [0, 0.1) is 0 Å². The van der Waals surface area contributed by atoms with Crippen LogP contribution in [-0.4, -0.2) is 28.3 Å². The molecular weight excluding hydrogens is 354 g/mol. The Hall–Kier alpha value is -3.41. The molecule has 1 N–H and O–H groups in total. The molecule has 3 rings (SSSR count). The topological polar surface area (TPSA) is 73.2 Å². The largest absolute Gasteiger partial charge is 0.461 e. The molecule has 0 spiro atoms. The number of anilines is 1. The molecule has 2 aromatic carbocycles. The highest BCUT2D eigenvalue weighted by atomic mass is 16.5. The fraction of sp³-hybridized carbons (Fsp3) is 0.227. The van der Waals surface area contributed by atoms with Gasteiger partial charge in [0, 0.05) is 11.9 Å². The lowest BCUT2D eigenvalue weighted by Crippen LogP contribution is -2.20. The summed E-state index contributed by atoms with van der Waals surface area (Å²) in [6.07, 6.45) is 2.39. The van der Waals surface area contributed by atoms with Crippen molar-refractivity contribution in [3.63, 3.8) is 0 Å². The first-order valence-electron chi connectivity index (χ1n) is 9.31. The minimum absolute atomic E-state index is 0.0569. The molecule has 6 nitrogen and oxygen atoms in total. The van der Waals surface area contributed by atoms with Crippen molar-refractivity contribution in [3.05, 3.63) is 78.1 Å². The molecule has 1 amide bonds. The molecule has 0 aliphatic carbocycles. The van der Waals surface area contributed by atoms with Crippen molar-refractivity contribution in [2.75, 3.05) is 11.9 Å². The predicted molar refractivity (Wildman–Crippen MR) is 108 cm³/mol. The SMILES string of the molecule is CCOC(=O)c1ccn(-c2cccc(NC(=O)C(CC)c3ccccc3)c2)n1. The summed E-state index contributed by atoms with van der Waals surface area (Å²) >= 11 is 0. The predicted octanol–water partition coefficient (Wildman–Crippen LogP) is 4.18. The van der Waals surface area contributed by atoms with Gasteiger partial charge in [0.05, 0.1) is 18.2 Å². The van der Waals surface area contributed by atoms with Gasteiger partial charge in [0.2, 0.25) is 5.91 Å². The Kier molecular flexibility index (Phi) is 6.22. The minimum Gasteiger partial charge on any atom is -0.461 e. The van der Waals surface area contributed by atoms with E-state index in [0.717, 1.165) is 11.3 Å². The lowest BCUT2D eigenvalue weighted by Gasteiger charge is -2.16. The normalized spacial score (nSPS) is 11.6. The Labute approximate surface area is 164 Å². The van der Waals surface area contributed by atoms with Crippen molar-refractivity contribution in [1.82, 2.24) is 9.78 Å². The monoisotopic (exact) mass is 377 g/mol. The first-order valence-corrected chi connectivity index (χ1v) is 9.31. The van der Waals surface area contributed by atoms with Gasteiger partial charge in [-0.25, -0.2) is 9.48 Å². The number of ether oxygens (including phenoxy) is 1. The molecule has 0 radical (unpaired) electrons. The van der Waals surface area contributed by atoms with E-state index < -0.39 is 5.97 Å². The second-order valence-electron chi connectivity index (χ2n) is 6.28. The molecule has 6 heteroatoms. The number of carbonyl (C=O) groups excluding carboxylic acids is 2. The second-order valence-corrected chi connectivity index (χ2v) is 6.28. The number of benzene rings is 2. The van der Waals surface area contributed by atoms with Gasteiger partial charge in [0.15, 0.2) is 5.69 Å². The summed E-state index contributed by atoms with van der Waals surface area (Å²) in [7, 11) is 0. The zero-order valence-electron chi connectivity index (χ0n) is 16.0. The zero-order chi connectivity index (χ0) is 19.9. The van der Waals surface area contributed by atoms with E-state index in [4.69, 9.17) is 4.74 Å². The highest BCUT2D eigenvalue weighted by Crippen LogP contribution is 2.22. The van der Waals surface area contributed by atoms with Crippen molar-refractivity contribution in [1.29, 1.82) is 0 Å². The second kappa shape index (κ2) is 8.99. The Balaban J connectivity index is 1.76. The van der Waals surface area contributed by atoms with Crippen LogP contribution < -0.4 is 5.32 Å². The van der Waals surface area contributed by atoms with E-state index in [0.29, 0.717) is 18.7 Å². The quantitative estimate of drug-likeness (QED) is 0.627. The minimum atomic E-state index is -0.459. The number of amides is 1. The van der Waals surface area contributed by atoms with Crippen LogP contribution in [0.4, 0.5) is 5.69 Å². The number of nitrogens with one attached hydrogen (secondary N) is 1. The standard InChI is InChI=1S/C22H23N3O3/c1-3-19(16-9-6-5-7-10-16)21(26)23-17-11-8-12-18(15-17)25-14-13-20(24-25)22(27)28-4-2/h5-15,19H,3-4H2,1-2H3,(H,23,26). The van der Waals surface area contributed by atoms with Crippen LogP contribution in [0.3, 0.4) is 0 Å². The number of hydrogen-bond acceptors (Lipinski definition) is 4. The van der Waals surface area contributed by atoms with Gasteiger partial charge >= 0.3 is 5.97 Å². The van der Waals surface area contributed by atoms with E-state index in [-0.39, 0.29) is 17.5 Å².